The van der Waals surface area contributed by atoms with Gasteiger partial charge in [0, 0.05) is 13.1 Å². The maximum absolute atomic E-state index is 12.7. The molecule has 0 aromatic heterocycles. The van der Waals surface area contributed by atoms with E-state index in [0.717, 1.165) is 13.1 Å². The maximum atomic E-state index is 12.7. The van der Waals surface area contributed by atoms with Gasteiger partial charge in [0.15, 0.2) is 0 Å². The molecule has 0 aliphatic rings. The predicted molar refractivity (Wildman–Crippen MR) is 76.3 cm³/mol. The van der Waals surface area contributed by atoms with E-state index in [-0.39, 0.29) is 13.2 Å². The van der Waals surface area contributed by atoms with Gasteiger partial charge >= 0.3 is 7.60 Å². The molecule has 0 radical (unpaired) electrons. The van der Waals surface area contributed by atoms with E-state index in [4.69, 9.17) is 9.05 Å². The van der Waals surface area contributed by atoms with Gasteiger partial charge in [-0.15, -0.1) is 0 Å². The van der Waals surface area contributed by atoms with E-state index in [2.05, 4.69) is 4.99 Å². The predicted octanol–water partition coefficient (Wildman–Crippen LogP) is 2.86. The lowest BCUT2D eigenvalue weighted by molar-refractivity contribution is 0.206. The molecular formula is C12H24N3O3P. The van der Waals surface area contributed by atoms with E-state index >= 15 is 0 Å². The Balaban J connectivity index is 5.32. The van der Waals surface area contributed by atoms with Crippen molar-refractivity contribution >= 4 is 13.9 Å². The summed E-state index contributed by atoms with van der Waals surface area (Å²) in [7, 11) is -3.60. The molecular weight excluding hydrogens is 265 g/mol. The standard InChI is InChI=1S/C12H24N3O3P/c1-6-15(7-2)11-14-12(5,10-13)19(16,17-8-3)18-9-4/h11H,6-9H2,1-5H3/b14-11+/t12-/m0/s1. The third kappa shape index (κ3) is 4.61. The van der Waals surface area contributed by atoms with Gasteiger partial charge in [0.1, 0.15) is 6.07 Å². The lowest BCUT2D eigenvalue weighted by Gasteiger charge is -2.27. The molecule has 0 saturated carbocycles. The Hall–Kier alpha value is -0.890. The van der Waals surface area contributed by atoms with Crippen molar-refractivity contribution in [2.24, 2.45) is 4.99 Å². The molecule has 0 spiro atoms. The van der Waals surface area contributed by atoms with Crippen LogP contribution in [0.3, 0.4) is 0 Å². The van der Waals surface area contributed by atoms with Crippen LogP contribution in [-0.2, 0) is 13.6 Å². The number of aliphatic imine (C=N–C) groups is 1. The first kappa shape index (κ1) is 18.1. The topological polar surface area (TPSA) is 74.9 Å². The van der Waals surface area contributed by atoms with Crippen LogP contribution in [0.1, 0.15) is 34.6 Å². The molecule has 1 atom stereocenters. The highest BCUT2D eigenvalue weighted by atomic mass is 31.2. The van der Waals surface area contributed by atoms with Crippen LogP contribution in [0.5, 0.6) is 0 Å². The number of nitriles is 1. The van der Waals surface area contributed by atoms with Crippen molar-refractivity contribution in [2.45, 2.75) is 39.9 Å². The number of hydrogen-bond acceptors (Lipinski definition) is 5. The highest BCUT2D eigenvalue weighted by molar-refractivity contribution is 7.56. The van der Waals surface area contributed by atoms with Gasteiger partial charge in [-0.3, -0.25) is 4.57 Å². The van der Waals surface area contributed by atoms with E-state index in [1.807, 2.05) is 24.8 Å². The third-order valence-corrected chi connectivity index (χ3v) is 5.11. The lowest BCUT2D eigenvalue weighted by Crippen LogP contribution is -2.27. The Morgan fingerprint density at radius 1 is 1.26 bits per heavy atom. The van der Waals surface area contributed by atoms with Gasteiger partial charge in [-0.1, -0.05) is 0 Å². The second-order valence-electron chi connectivity index (χ2n) is 3.93. The van der Waals surface area contributed by atoms with Crippen LogP contribution >= 0.6 is 7.60 Å². The molecule has 0 aromatic carbocycles. The summed E-state index contributed by atoms with van der Waals surface area (Å²) >= 11 is 0. The molecule has 7 heteroatoms. The molecule has 0 aromatic rings. The Labute approximate surface area is 115 Å². The van der Waals surface area contributed by atoms with Crippen LogP contribution in [0.4, 0.5) is 0 Å². The third-order valence-electron chi connectivity index (χ3n) is 2.63. The van der Waals surface area contributed by atoms with Crippen molar-refractivity contribution in [1.82, 2.24) is 4.90 Å². The van der Waals surface area contributed by atoms with E-state index in [1.165, 1.54) is 13.3 Å². The average molecular weight is 289 g/mol. The van der Waals surface area contributed by atoms with Crippen molar-refractivity contribution in [1.29, 1.82) is 5.26 Å². The highest BCUT2D eigenvalue weighted by Crippen LogP contribution is 2.60. The van der Waals surface area contributed by atoms with Gasteiger partial charge in [0.2, 0.25) is 5.28 Å². The van der Waals surface area contributed by atoms with Crippen molar-refractivity contribution in [3.8, 4) is 6.07 Å². The first-order valence-corrected chi connectivity index (χ1v) is 8.07. The Kier molecular flexibility index (Phi) is 7.93. The van der Waals surface area contributed by atoms with Crippen molar-refractivity contribution < 1.29 is 13.6 Å². The molecule has 0 aliphatic carbocycles. The Morgan fingerprint density at radius 3 is 2.05 bits per heavy atom. The average Bonchev–Trinajstić information content (AvgIpc) is 2.40. The summed E-state index contributed by atoms with van der Waals surface area (Å²) in [6.45, 7) is 10.8. The van der Waals surface area contributed by atoms with E-state index in [0.29, 0.717) is 0 Å². The summed E-state index contributed by atoms with van der Waals surface area (Å²) < 4.78 is 23.1. The van der Waals surface area contributed by atoms with E-state index in [1.54, 1.807) is 13.8 Å². The van der Waals surface area contributed by atoms with Gasteiger partial charge < -0.3 is 13.9 Å². The van der Waals surface area contributed by atoms with Gasteiger partial charge in [0.05, 0.1) is 19.6 Å². The quantitative estimate of drug-likeness (QED) is 0.370. The Bertz CT molecular complexity index is 367. The molecule has 19 heavy (non-hydrogen) atoms. The zero-order valence-corrected chi connectivity index (χ0v) is 13.3. The number of rotatable bonds is 9. The minimum absolute atomic E-state index is 0.204. The fraction of sp³-hybridized carbons (Fsp3) is 0.833. The molecule has 0 bridgehead atoms. The number of nitrogens with zero attached hydrogens (tertiary/aromatic N) is 3. The van der Waals surface area contributed by atoms with Gasteiger partial charge in [0.25, 0.3) is 0 Å². The zero-order chi connectivity index (χ0) is 14.9. The smallest absolute Gasteiger partial charge is 0.363 e. The van der Waals surface area contributed by atoms with E-state index in [9.17, 15) is 9.83 Å². The molecule has 0 fully saturated rings. The molecule has 0 amide bonds. The summed E-state index contributed by atoms with van der Waals surface area (Å²) in [5.41, 5.74) is 0. The molecule has 0 aliphatic heterocycles. The molecule has 6 nitrogen and oxygen atoms in total. The fourth-order valence-corrected chi connectivity index (χ4v) is 2.94. The maximum Gasteiger partial charge on any atom is 0.372 e. The SMILES string of the molecule is CCOP(=O)(OCC)[C@@](C)(C#N)/N=C/N(CC)CC. The minimum Gasteiger partial charge on any atom is -0.363 e. The molecule has 0 unspecified atom stereocenters. The van der Waals surface area contributed by atoms with Crippen LogP contribution in [0.15, 0.2) is 4.99 Å². The molecule has 0 N–H and O–H groups in total. The Morgan fingerprint density at radius 2 is 1.74 bits per heavy atom. The van der Waals surface area contributed by atoms with Crippen LogP contribution in [0, 0.1) is 11.3 Å². The van der Waals surface area contributed by atoms with Crippen molar-refractivity contribution in [3.63, 3.8) is 0 Å². The summed E-state index contributed by atoms with van der Waals surface area (Å²) in [5.74, 6) is 0. The van der Waals surface area contributed by atoms with Crippen molar-refractivity contribution in [3.05, 3.63) is 0 Å². The van der Waals surface area contributed by atoms with Crippen LogP contribution in [0.25, 0.3) is 0 Å². The summed E-state index contributed by atoms with van der Waals surface area (Å²) in [4.78, 5) is 6.05. The molecule has 0 heterocycles. The summed E-state index contributed by atoms with van der Waals surface area (Å²) in [6.07, 6.45) is 1.54. The molecule has 0 rings (SSSR count). The second-order valence-corrected chi connectivity index (χ2v) is 6.31. The monoisotopic (exact) mass is 289 g/mol. The van der Waals surface area contributed by atoms with Gasteiger partial charge in [-0.2, -0.15) is 5.26 Å². The normalized spacial score (nSPS) is 15.2. The van der Waals surface area contributed by atoms with Crippen LogP contribution in [0.2, 0.25) is 0 Å². The van der Waals surface area contributed by atoms with Crippen LogP contribution in [-0.4, -0.2) is 42.8 Å². The summed E-state index contributed by atoms with van der Waals surface area (Å²) in [5, 5.41) is 7.79. The van der Waals surface area contributed by atoms with Crippen molar-refractivity contribution in [2.75, 3.05) is 26.3 Å². The molecule has 0 saturated heterocycles. The zero-order valence-electron chi connectivity index (χ0n) is 12.4. The van der Waals surface area contributed by atoms with Gasteiger partial charge in [-0.25, -0.2) is 4.99 Å². The largest absolute Gasteiger partial charge is 0.372 e. The summed E-state index contributed by atoms with van der Waals surface area (Å²) in [6, 6.07) is 1.95. The number of hydrogen-bond donors (Lipinski definition) is 0. The first-order chi connectivity index (χ1) is 8.92. The molecule has 110 valence electrons. The highest BCUT2D eigenvalue weighted by Gasteiger charge is 2.48. The minimum atomic E-state index is -3.60. The fourth-order valence-electron chi connectivity index (χ4n) is 1.37. The lowest BCUT2D eigenvalue weighted by atomic mass is 10.4. The first-order valence-electron chi connectivity index (χ1n) is 6.52. The van der Waals surface area contributed by atoms with Gasteiger partial charge in [-0.05, 0) is 34.6 Å². The van der Waals surface area contributed by atoms with Crippen LogP contribution < -0.4 is 0 Å². The van der Waals surface area contributed by atoms with E-state index < -0.39 is 12.9 Å². The second kappa shape index (κ2) is 8.31.